The largest absolute Gasteiger partial charge is 0.444 e. The van der Waals surface area contributed by atoms with Crippen molar-refractivity contribution in [2.75, 3.05) is 13.2 Å². The molecule has 0 radical (unpaired) electrons. The molecule has 4 heteroatoms. The first-order chi connectivity index (χ1) is 8.35. The number of alkyl carbamates (subject to hydrolysis) is 1. The van der Waals surface area contributed by atoms with Crippen molar-refractivity contribution < 1.29 is 14.6 Å². The molecule has 18 heavy (non-hydrogen) atoms. The summed E-state index contributed by atoms with van der Waals surface area (Å²) < 4.78 is 4.88. The molecular formula is C14H23NO3. The third-order valence-corrected chi connectivity index (χ3v) is 1.72. The van der Waals surface area contributed by atoms with Gasteiger partial charge in [0.25, 0.3) is 0 Å². The van der Waals surface area contributed by atoms with Gasteiger partial charge in [0.05, 0.1) is 6.61 Å². The molecule has 0 spiro atoms. The maximum absolute atomic E-state index is 10.8. The quantitative estimate of drug-likeness (QED) is 0.851. The number of hydrogen-bond acceptors (Lipinski definition) is 3. The molecule has 4 nitrogen and oxygen atoms in total. The second-order valence-corrected chi connectivity index (χ2v) is 4.81. The molecular weight excluding hydrogens is 230 g/mol. The van der Waals surface area contributed by atoms with Crippen molar-refractivity contribution in [1.82, 2.24) is 5.32 Å². The van der Waals surface area contributed by atoms with Crippen LogP contribution in [0.3, 0.4) is 0 Å². The molecule has 1 aromatic carbocycles. The maximum Gasteiger partial charge on any atom is 0.407 e. The predicted octanol–water partition coefficient (Wildman–Crippen LogP) is 2.50. The van der Waals surface area contributed by atoms with E-state index in [0.29, 0.717) is 0 Å². The third kappa shape index (κ3) is 11.0. The van der Waals surface area contributed by atoms with Crippen LogP contribution in [0.15, 0.2) is 30.3 Å². The van der Waals surface area contributed by atoms with Crippen LogP contribution in [0.25, 0.3) is 0 Å². The van der Waals surface area contributed by atoms with Crippen LogP contribution in [0, 0.1) is 6.92 Å². The molecule has 0 aliphatic carbocycles. The third-order valence-electron chi connectivity index (χ3n) is 1.72. The molecule has 1 amide bonds. The minimum Gasteiger partial charge on any atom is -0.444 e. The highest BCUT2D eigenvalue weighted by molar-refractivity contribution is 5.67. The second kappa shape index (κ2) is 8.53. The molecule has 0 heterocycles. The Hall–Kier alpha value is -1.55. The van der Waals surface area contributed by atoms with Gasteiger partial charge in [-0.3, -0.25) is 0 Å². The van der Waals surface area contributed by atoms with Gasteiger partial charge < -0.3 is 15.2 Å². The minimum absolute atomic E-state index is 0.0702. The normalized spacial score (nSPS) is 10.1. The predicted molar refractivity (Wildman–Crippen MR) is 72.5 cm³/mol. The van der Waals surface area contributed by atoms with Crippen molar-refractivity contribution >= 4 is 6.09 Å². The lowest BCUT2D eigenvalue weighted by Gasteiger charge is -2.19. The van der Waals surface area contributed by atoms with E-state index in [-0.39, 0.29) is 13.2 Å². The van der Waals surface area contributed by atoms with Gasteiger partial charge in [0.15, 0.2) is 0 Å². The average Bonchev–Trinajstić information content (AvgIpc) is 2.26. The van der Waals surface area contributed by atoms with Crippen LogP contribution in [0.2, 0.25) is 0 Å². The average molecular weight is 253 g/mol. The molecule has 0 atom stereocenters. The molecule has 0 bridgehead atoms. The smallest absolute Gasteiger partial charge is 0.407 e. The van der Waals surface area contributed by atoms with Gasteiger partial charge in [0.2, 0.25) is 0 Å². The van der Waals surface area contributed by atoms with Crippen LogP contribution >= 0.6 is 0 Å². The fourth-order valence-corrected chi connectivity index (χ4v) is 1.01. The summed E-state index contributed by atoms with van der Waals surface area (Å²) in [5, 5.41) is 10.7. The number of carbonyl (C=O) groups is 1. The van der Waals surface area contributed by atoms with Gasteiger partial charge in [-0.1, -0.05) is 35.9 Å². The van der Waals surface area contributed by atoms with E-state index in [2.05, 4.69) is 24.4 Å². The van der Waals surface area contributed by atoms with Gasteiger partial charge in [-0.2, -0.15) is 0 Å². The Balaban J connectivity index is 0.000000351. The minimum atomic E-state index is -0.494. The number of benzene rings is 1. The number of aryl methyl sites for hydroxylation is 1. The molecule has 0 aliphatic rings. The molecule has 0 unspecified atom stereocenters. The highest BCUT2D eigenvalue weighted by Gasteiger charge is 2.14. The molecule has 1 rings (SSSR count). The monoisotopic (exact) mass is 253 g/mol. The van der Waals surface area contributed by atoms with E-state index in [0.717, 1.165) is 0 Å². The number of carbonyl (C=O) groups excluding carboxylic acids is 1. The van der Waals surface area contributed by atoms with Crippen LogP contribution in [-0.4, -0.2) is 30.0 Å². The Morgan fingerprint density at radius 3 is 2.17 bits per heavy atom. The molecule has 0 saturated carbocycles. The molecule has 0 saturated heterocycles. The van der Waals surface area contributed by atoms with Crippen LogP contribution in [0.4, 0.5) is 4.79 Å². The molecule has 1 aromatic rings. The summed E-state index contributed by atoms with van der Waals surface area (Å²) in [5.74, 6) is 0. The summed E-state index contributed by atoms with van der Waals surface area (Å²) in [6, 6.07) is 10.3. The first kappa shape index (κ1) is 16.4. The van der Waals surface area contributed by atoms with Crippen molar-refractivity contribution in [1.29, 1.82) is 0 Å². The molecule has 102 valence electrons. The van der Waals surface area contributed by atoms with Crippen LogP contribution in [0.5, 0.6) is 0 Å². The number of amides is 1. The van der Waals surface area contributed by atoms with E-state index in [1.54, 1.807) is 20.8 Å². The second-order valence-electron chi connectivity index (χ2n) is 4.81. The number of rotatable bonds is 2. The fourth-order valence-electron chi connectivity index (χ4n) is 1.01. The number of aliphatic hydroxyl groups is 1. The number of ether oxygens (including phenoxy) is 1. The zero-order chi connectivity index (χ0) is 14.0. The number of aliphatic hydroxyl groups excluding tert-OH is 1. The van der Waals surface area contributed by atoms with Gasteiger partial charge in [-0.05, 0) is 27.7 Å². The Morgan fingerprint density at radius 1 is 1.28 bits per heavy atom. The van der Waals surface area contributed by atoms with Crippen LogP contribution in [-0.2, 0) is 4.74 Å². The van der Waals surface area contributed by atoms with Gasteiger partial charge in [0, 0.05) is 6.54 Å². The Morgan fingerprint density at radius 2 is 1.83 bits per heavy atom. The number of nitrogens with one attached hydrogen (secondary N) is 1. The summed E-state index contributed by atoms with van der Waals surface area (Å²) in [7, 11) is 0. The molecule has 0 aliphatic heterocycles. The van der Waals surface area contributed by atoms with Gasteiger partial charge in [-0.15, -0.1) is 0 Å². The van der Waals surface area contributed by atoms with Crippen molar-refractivity contribution in [2.24, 2.45) is 0 Å². The summed E-state index contributed by atoms with van der Waals surface area (Å²) in [6.07, 6.45) is -0.494. The summed E-state index contributed by atoms with van der Waals surface area (Å²) in [5.41, 5.74) is 0.849. The first-order valence-electron chi connectivity index (χ1n) is 5.94. The summed E-state index contributed by atoms with van der Waals surface area (Å²) >= 11 is 0. The SMILES string of the molecule is CC(C)(C)OC(=O)NCCO.Cc1ccccc1. The molecule has 0 fully saturated rings. The highest BCUT2D eigenvalue weighted by atomic mass is 16.6. The van der Waals surface area contributed by atoms with Gasteiger partial charge in [-0.25, -0.2) is 4.79 Å². The van der Waals surface area contributed by atoms with Crippen molar-refractivity contribution in [3.8, 4) is 0 Å². The summed E-state index contributed by atoms with van der Waals surface area (Å²) in [6.45, 7) is 7.59. The van der Waals surface area contributed by atoms with E-state index in [4.69, 9.17) is 9.84 Å². The zero-order valence-electron chi connectivity index (χ0n) is 11.6. The van der Waals surface area contributed by atoms with E-state index >= 15 is 0 Å². The van der Waals surface area contributed by atoms with Gasteiger partial charge in [0.1, 0.15) is 5.60 Å². The lowest BCUT2D eigenvalue weighted by molar-refractivity contribution is 0.0518. The fraction of sp³-hybridized carbons (Fsp3) is 0.500. The van der Waals surface area contributed by atoms with E-state index in [1.165, 1.54) is 5.56 Å². The van der Waals surface area contributed by atoms with Crippen LogP contribution in [0.1, 0.15) is 26.3 Å². The van der Waals surface area contributed by atoms with Gasteiger partial charge >= 0.3 is 6.09 Å². The Bertz CT molecular complexity index is 331. The Kier molecular flexibility index (Phi) is 7.79. The topological polar surface area (TPSA) is 58.6 Å². The molecule has 2 N–H and O–H groups in total. The van der Waals surface area contributed by atoms with Crippen molar-refractivity contribution in [3.05, 3.63) is 35.9 Å². The maximum atomic E-state index is 10.8. The summed E-state index contributed by atoms with van der Waals surface area (Å²) in [4.78, 5) is 10.8. The number of hydrogen-bond donors (Lipinski definition) is 2. The zero-order valence-corrected chi connectivity index (χ0v) is 11.6. The molecule has 0 aromatic heterocycles. The highest BCUT2D eigenvalue weighted by Crippen LogP contribution is 2.05. The lowest BCUT2D eigenvalue weighted by atomic mass is 10.2. The Labute approximate surface area is 109 Å². The van der Waals surface area contributed by atoms with E-state index in [9.17, 15) is 4.79 Å². The van der Waals surface area contributed by atoms with Crippen molar-refractivity contribution in [3.63, 3.8) is 0 Å². The van der Waals surface area contributed by atoms with E-state index < -0.39 is 11.7 Å². The lowest BCUT2D eigenvalue weighted by Crippen LogP contribution is -2.33. The van der Waals surface area contributed by atoms with Crippen molar-refractivity contribution in [2.45, 2.75) is 33.3 Å². The standard InChI is InChI=1S/C7H15NO3.C7H8/c1-7(2,3)11-6(10)8-4-5-9;1-7-5-3-2-4-6-7/h9H,4-5H2,1-3H3,(H,8,10);2-6H,1H3. The first-order valence-corrected chi connectivity index (χ1v) is 5.94. The van der Waals surface area contributed by atoms with Crippen LogP contribution < -0.4 is 5.32 Å². The van der Waals surface area contributed by atoms with E-state index in [1.807, 2.05) is 18.2 Å².